The fourth-order valence-electron chi connectivity index (χ4n) is 3.21. The van der Waals surface area contributed by atoms with Gasteiger partial charge in [0.15, 0.2) is 18.1 Å². The molecule has 2 aliphatic rings. The number of nitrogens with one attached hydrogen (secondary N) is 1. The first kappa shape index (κ1) is 19.4. The van der Waals surface area contributed by atoms with E-state index in [0.717, 1.165) is 12.0 Å². The smallest absolute Gasteiger partial charge is 0.313 e. The summed E-state index contributed by atoms with van der Waals surface area (Å²) in [5.41, 5.74) is 1.39. The van der Waals surface area contributed by atoms with Crippen LogP contribution in [0, 0.1) is 5.92 Å². The molecule has 7 nitrogen and oxygen atoms in total. The van der Waals surface area contributed by atoms with E-state index in [2.05, 4.69) is 5.32 Å². The van der Waals surface area contributed by atoms with Crippen LogP contribution in [0.4, 0.5) is 5.69 Å². The molecule has 1 amide bonds. The third-order valence-corrected chi connectivity index (χ3v) is 4.87. The van der Waals surface area contributed by atoms with E-state index in [-0.39, 0.29) is 13.2 Å². The predicted octanol–water partition coefficient (Wildman–Crippen LogP) is 3.23. The third-order valence-electron chi connectivity index (χ3n) is 4.64. The molecule has 0 unspecified atom stereocenters. The van der Waals surface area contributed by atoms with E-state index in [9.17, 15) is 9.59 Å². The zero-order valence-corrected chi connectivity index (χ0v) is 16.4. The van der Waals surface area contributed by atoms with Gasteiger partial charge in [0.25, 0.3) is 5.91 Å². The number of esters is 1. The Labute approximate surface area is 172 Å². The second-order valence-corrected chi connectivity index (χ2v) is 7.27. The van der Waals surface area contributed by atoms with Crippen molar-refractivity contribution in [3.8, 4) is 17.2 Å². The second kappa shape index (κ2) is 8.61. The van der Waals surface area contributed by atoms with Crippen molar-refractivity contribution >= 4 is 29.2 Å². The lowest BCUT2D eigenvalue weighted by Gasteiger charge is -2.24. The zero-order valence-electron chi connectivity index (χ0n) is 15.6. The van der Waals surface area contributed by atoms with Crippen molar-refractivity contribution in [3.63, 3.8) is 0 Å². The monoisotopic (exact) mass is 417 g/mol. The fourth-order valence-corrected chi connectivity index (χ4v) is 3.40. The third kappa shape index (κ3) is 4.74. The zero-order chi connectivity index (χ0) is 20.2. The molecule has 0 spiro atoms. The summed E-state index contributed by atoms with van der Waals surface area (Å²) >= 11 is 6.00. The maximum atomic E-state index is 12.3. The van der Waals surface area contributed by atoms with Crippen LogP contribution in [-0.2, 0) is 20.7 Å². The Balaban J connectivity index is 1.29. The van der Waals surface area contributed by atoms with Gasteiger partial charge in [-0.25, -0.2) is 0 Å². The van der Waals surface area contributed by atoms with Gasteiger partial charge in [-0.3, -0.25) is 9.59 Å². The Morgan fingerprint density at radius 3 is 2.69 bits per heavy atom. The molecule has 0 aliphatic carbocycles. The molecule has 0 aromatic heterocycles. The van der Waals surface area contributed by atoms with Gasteiger partial charge < -0.3 is 24.3 Å². The second-order valence-electron chi connectivity index (χ2n) is 6.83. The van der Waals surface area contributed by atoms with Crippen LogP contribution in [0.15, 0.2) is 36.4 Å². The number of anilines is 1. The molecule has 1 atom stereocenters. The topological polar surface area (TPSA) is 83.1 Å². The standard InChI is InChI=1S/C21H20ClNO6/c22-15-2-4-17-13(9-15)8-14(11-28-17)21(25)29-12-20(24)23-16-3-5-18-19(10-16)27-7-1-6-26-18/h2-5,9-10,14H,1,6-8,11-12H2,(H,23,24)/t14-/m0/s1. The summed E-state index contributed by atoms with van der Waals surface area (Å²) in [6.07, 6.45) is 1.26. The van der Waals surface area contributed by atoms with E-state index in [1.54, 1.807) is 36.4 Å². The highest BCUT2D eigenvalue weighted by Crippen LogP contribution is 2.32. The molecule has 4 rings (SSSR count). The first-order valence-corrected chi connectivity index (χ1v) is 9.73. The Hall–Kier alpha value is -2.93. The molecule has 0 radical (unpaired) electrons. The van der Waals surface area contributed by atoms with Gasteiger partial charge in [-0.15, -0.1) is 0 Å². The Kier molecular flexibility index (Phi) is 5.76. The number of fused-ring (bicyclic) bond motifs is 2. The lowest BCUT2D eigenvalue weighted by Crippen LogP contribution is -2.32. The first-order valence-electron chi connectivity index (χ1n) is 9.36. The molecule has 2 heterocycles. The van der Waals surface area contributed by atoms with E-state index in [4.69, 9.17) is 30.5 Å². The van der Waals surface area contributed by atoms with E-state index < -0.39 is 17.8 Å². The van der Waals surface area contributed by atoms with Crippen molar-refractivity contribution in [1.82, 2.24) is 0 Å². The summed E-state index contributed by atoms with van der Waals surface area (Å²) in [5, 5.41) is 3.27. The van der Waals surface area contributed by atoms with E-state index in [1.807, 2.05) is 0 Å². The highest BCUT2D eigenvalue weighted by molar-refractivity contribution is 6.30. The van der Waals surface area contributed by atoms with Crippen LogP contribution in [0.5, 0.6) is 17.2 Å². The van der Waals surface area contributed by atoms with Crippen LogP contribution in [-0.4, -0.2) is 38.3 Å². The highest BCUT2D eigenvalue weighted by atomic mass is 35.5. The van der Waals surface area contributed by atoms with Crippen molar-refractivity contribution < 1.29 is 28.5 Å². The molecule has 152 valence electrons. The van der Waals surface area contributed by atoms with E-state index in [1.165, 1.54) is 0 Å². The number of hydrogen-bond donors (Lipinski definition) is 1. The summed E-state index contributed by atoms with van der Waals surface area (Å²) < 4.78 is 21.9. The van der Waals surface area contributed by atoms with Gasteiger partial charge >= 0.3 is 5.97 Å². The summed E-state index contributed by atoms with van der Waals surface area (Å²) in [4.78, 5) is 24.5. The van der Waals surface area contributed by atoms with E-state index in [0.29, 0.717) is 47.6 Å². The molecule has 1 N–H and O–H groups in total. The molecule has 2 aromatic carbocycles. The number of hydrogen-bond acceptors (Lipinski definition) is 6. The Bertz CT molecular complexity index is 931. The molecule has 0 saturated heterocycles. The largest absolute Gasteiger partial charge is 0.492 e. The summed E-state index contributed by atoms with van der Waals surface area (Å²) in [5.74, 6) is 0.536. The molecule has 2 aromatic rings. The van der Waals surface area contributed by atoms with Crippen LogP contribution in [0.2, 0.25) is 5.02 Å². The minimum absolute atomic E-state index is 0.206. The number of benzene rings is 2. The average Bonchev–Trinajstić information content (AvgIpc) is 2.96. The number of amides is 1. The average molecular weight is 418 g/mol. The number of rotatable bonds is 4. The minimum Gasteiger partial charge on any atom is -0.492 e. The molecule has 8 heteroatoms. The lowest BCUT2D eigenvalue weighted by molar-refractivity contribution is -0.152. The van der Waals surface area contributed by atoms with Crippen LogP contribution >= 0.6 is 11.6 Å². The van der Waals surface area contributed by atoms with Gasteiger partial charge in [0.2, 0.25) is 0 Å². The minimum atomic E-state index is -0.482. The Morgan fingerprint density at radius 2 is 1.83 bits per heavy atom. The van der Waals surface area contributed by atoms with Gasteiger partial charge in [-0.05, 0) is 42.3 Å². The van der Waals surface area contributed by atoms with Crippen LogP contribution < -0.4 is 19.5 Å². The molecule has 0 saturated carbocycles. The van der Waals surface area contributed by atoms with E-state index >= 15 is 0 Å². The summed E-state index contributed by atoms with van der Waals surface area (Å²) in [6, 6.07) is 10.4. The predicted molar refractivity (Wildman–Crippen MR) is 106 cm³/mol. The quantitative estimate of drug-likeness (QED) is 0.769. The highest BCUT2D eigenvalue weighted by Gasteiger charge is 2.28. The van der Waals surface area contributed by atoms with Crippen LogP contribution in [0.1, 0.15) is 12.0 Å². The molecule has 29 heavy (non-hydrogen) atoms. The van der Waals surface area contributed by atoms with Crippen molar-refractivity contribution in [2.24, 2.45) is 5.92 Å². The molecular weight excluding hydrogens is 398 g/mol. The van der Waals surface area contributed by atoms with Crippen LogP contribution in [0.25, 0.3) is 0 Å². The lowest BCUT2D eigenvalue weighted by atomic mass is 9.97. The Morgan fingerprint density at radius 1 is 1.03 bits per heavy atom. The van der Waals surface area contributed by atoms with Gasteiger partial charge in [0.1, 0.15) is 12.4 Å². The number of ether oxygens (including phenoxy) is 4. The summed E-state index contributed by atoms with van der Waals surface area (Å²) in [6.45, 7) is 0.972. The number of carbonyl (C=O) groups excluding carboxylic acids is 2. The van der Waals surface area contributed by atoms with Crippen LogP contribution in [0.3, 0.4) is 0 Å². The first-order chi connectivity index (χ1) is 14.1. The normalized spacial score (nSPS) is 17.3. The fraction of sp³-hybridized carbons (Fsp3) is 0.333. The van der Waals surface area contributed by atoms with Crippen molar-refractivity contribution in [2.75, 3.05) is 31.7 Å². The number of carbonyl (C=O) groups is 2. The molecule has 2 aliphatic heterocycles. The van der Waals surface area contributed by atoms with Crippen molar-refractivity contribution in [3.05, 3.63) is 47.0 Å². The summed E-state index contributed by atoms with van der Waals surface area (Å²) in [7, 11) is 0. The SMILES string of the molecule is O=C(COC(=O)[C@@H]1COc2ccc(Cl)cc2C1)Nc1ccc2c(c1)OCCCO2. The maximum absolute atomic E-state index is 12.3. The molecule has 0 fully saturated rings. The van der Waals surface area contributed by atoms with Gasteiger partial charge in [-0.1, -0.05) is 11.6 Å². The molecule has 0 bridgehead atoms. The molecular formula is C21H20ClNO6. The maximum Gasteiger partial charge on any atom is 0.313 e. The van der Waals surface area contributed by atoms with Gasteiger partial charge in [0.05, 0.1) is 19.1 Å². The number of halogens is 1. The van der Waals surface area contributed by atoms with Gasteiger partial charge in [0, 0.05) is 23.2 Å². The van der Waals surface area contributed by atoms with Crippen molar-refractivity contribution in [1.29, 1.82) is 0 Å². The van der Waals surface area contributed by atoms with Crippen molar-refractivity contribution in [2.45, 2.75) is 12.8 Å². The van der Waals surface area contributed by atoms with Gasteiger partial charge in [-0.2, -0.15) is 0 Å².